The number of aryl methyl sites for hydroxylation is 2. The first-order valence-electron chi connectivity index (χ1n) is 7.05. The number of anilines is 1. The van der Waals surface area contributed by atoms with Gasteiger partial charge in [0.2, 0.25) is 0 Å². The van der Waals surface area contributed by atoms with E-state index < -0.39 is 0 Å². The molecule has 2 rings (SSSR count). The van der Waals surface area contributed by atoms with Crippen LogP contribution in [0.3, 0.4) is 0 Å². The summed E-state index contributed by atoms with van der Waals surface area (Å²) in [5.74, 6) is 0.802. The van der Waals surface area contributed by atoms with Crippen LogP contribution in [0.15, 0.2) is 46.9 Å². The monoisotopic (exact) mass is 362 g/mol. The summed E-state index contributed by atoms with van der Waals surface area (Å²) < 4.78 is 6.54. The SMILES string of the molecule is Cc1ccc(OCCNC(=O)Nc2ccc(Br)cc2C)cc1. The van der Waals surface area contributed by atoms with Crippen molar-refractivity contribution in [3.8, 4) is 5.75 Å². The molecule has 0 saturated carbocycles. The molecule has 2 amide bonds. The van der Waals surface area contributed by atoms with Gasteiger partial charge in [0.25, 0.3) is 0 Å². The van der Waals surface area contributed by atoms with Crippen molar-refractivity contribution in [2.75, 3.05) is 18.5 Å². The predicted molar refractivity (Wildman–Crippen MR) is 92.6 cm³/mol. The Morgan fingerprint density at radius 2 is 1.86 bits per heavy atom. The molecule has 0 aliphatic rings. The van der Waals surface area contributed by atoms with E-state index in [1.54, 1.807) is 0 Å². The Labute approximate surface area is 139 Å². The molecule has 2 N–H and O–H groups in total. The number of carbonyl (C=O) groups excluding carboxylic acids is 1. The van der Waals surface area contributed by atoms with Crippen LogP contribution in [0.2, 0.25) is 0 Å². The zero-order valence-electron chi connectivity index (χ0n) is 12.7. The van der Waals surface area contributed by atoms with Gasteiger partial charge in [-0.1, -0.05) is 33.6 Å². The van der Waals surface area contributed by atoms with Gasteiger partial charge in [-0.15, -0.1) is 0 Å². The minimum atomic E-state index is -0.238. The minimum absolute atomic E-state index is 0.238. The number of halogens is 1. The standard InChI is InChI=1S/C17H19BrN2O2/c1-12-3-6-15(7-4-12)22-10-9-19-17(21)20-16-8-5-14(18)11-13(16)2/h3-8,11H,9-10H2,1-2H3,(H2,19,20,21). The molecule has 0 spiro atoms. The number of carbonyl (C=O) groups is 1. The lowest BCUT2D eigenvalue weighted by atomic mass is 10.2. The third kappa shape index (κ3) is 5.07. The molecule has 5 heteroatoms. The third-order valence-corrected chi connectivity index (χ3v) is 3.61. The summed E-state index contributed by atoms with van der Waals surface area (Å²) in [7, 11) is 0. The van der Waals surface area contributed by atoms with Crippen molar-refractivity contribution in [2.24, 2.45) is 0 Å². The highest BCUT2D eigenvalue weighted by atomic mass is 79.9. The number of amides is 2. The number of hydrogen-bond donors (Lipinski definition) is 2. The maximum Gasteiger partial charge on any atom is 0.319 e. The van der Waals surface area contributed by atoms with Crippen molar-refractivity contribution in [1.29, 1.82) is 0 Å². The second kappa shape index (κ2) is 7.84. The lowest BCUT2D eigenvalue weighted by Crippen LogP contribution is -2.32. The highest BCUT2D eigenvalue weighted by Crippen LogP contribution is 2.19. The Balaban J connectivity index is 1.72. The predicted octanol–water partition coefficient (Wildman–Crippen LogP) is 4.27. The van der Waals surface area contributed by atoms with Gasteiger partial charge in [0.15, 0.2) is 0 Å². The number of hydrogen-bond acceptors (Lipinski definition) is 2. The molecule has 0 aliphatic heterocycles. The van der Waals surface area contributed by atoms with Gasteiger partial charge in [0.1, 0.15) is 12.4 Å². The van der Waals surface area contributed by atoms with Crippen molar-refractivity contribution in [1.82, 2.24) is 5.32 Å². The average Bonchev–Trinajstić information content (AvgIpc) is 2.48. The first kappa shape index (κ1) is 16.4. The first-order valence-corrected chi connectivity index (χ1v) is 7.84. The van der Waals surface area contributed by atoms with Crippen LogP contribution < -0.4 is 15.4 Å². The molecule has 0 bridgehead atoms. The number of rotatable bonds is 5. The largest absolute Gasteiger partial charge is 0.492 e. The van der Waals surface area contributed by atoms with E-state index in [2.05, 4.69) is 26.6 Å². The molecule has 0 unspecified atom stereocenters. The smallest absolute Gasteiger partial charge is 0.319 e. The van der Waals surface area contributed by atoms with Gasteiger partial charge in [-0.2, -0.15) is 0 Å². The average molecular weight is 363 g/mol. The van der Waals surface area contributed by atoms with Crippen LogP contribution >= 0.6 is 15.9 Å². The molecule has 0 heterocycles. The Morgan fingerprint density at radius 3 is 2.55 bits per heavy atom. The van der Waals surface area contributed by atoms with E-state index in [1.807, 2.05) is 56.3 Å². The van der Waals surface area contributed by atoms with Gasteiger partial charge >= 0.3 is 6.03 Å². The number of urea groups is 1. The molecule has 2 aromatic rings. The van der Waals surface area contributed by atoms with Crippen LogP contribution in [0.4, 0.5) is 10.5 Å². The second-order valence-corrected chi connectivity index (χ2v) is 5.92. The molecular formula is C17H19BrN2O2. The number of benzene rings is 2. The van der Waals surface area contributed by atoms with E-state index in [9.17, 15) is 4.79 Å². The molecular weight excluding hydrogens is 344 g/mol. The van der Waals surface area contributed by atoms with Gasteiger partial charge in [-0.05, 0) is 49.7 Å². The van der Waals surface area contributed by atoms with Crippen LogP contribution in [-0.4, -0.2) is 19.2 Å². The quantitative estimate of drug-likeness (QED) is 0.780. The zero-order chi connectivity index (χ0) is 15.9. The summed E-state index contributed by atoms with van der Waals surface area (Å²) in [5, 5.41) is 5.58. The van der Waals surface area contributed by atoms with Gasteiger partial charge in [-0.3, -0.25) is 0 Å². The highest BCUT2D eigenvalue weighted by molar-refractivity contribution is 9.10. The van der Waals surface area contributed by atoms with Crippen molar-refractivity contribution in [2.45, 2.75) is 13.8 Å². The van der Waals surface area contributed by atoms with Crippen molar-refractivity contribution < 1.29 is 9.53 Å². The fourth-order valence-corrected chi connectivity index (χ4v) is 2.38. The molecule has 22 heavy (non-hydrogen) atoms. The van der Waals surface area contributed by atoms with Crippen molar-refractivity contribution in [3.05, 3.63) is 58.1 Å². The molecule has 0 radical (unpaired) electrons. The van der Waals surface area contributed by atoms with Crippen LogP contribution in [0.5, 0.6) is 5.75 Å². The van der Waals surface area contributed by atoms with Gasteiger partial charge in [0, 0.05) is 10.2 Å². The van der Waals surface area contributed by atoms with E-state index in [1.165, 1.54) is 5.56 Å². The molecule has 0 fully saturated rings. The van der Waals surface area contributed by atoms with Crippen molar-refractivity contribution >= 4 is 27.6 Å². The van der Waals surface area contributed by atoms with Gasteiger partial charge in [0.05, 0.1) is 6.54 Å². The van der Waals surface area contributed by atoms with Crippen molar-refractivity contribution in [3.63, 3.8) is 0 Å². The van der Waals surface area contributed by atoms with E-state index >= 15 is 0 Å². The lowest BCUT2D eigenvalue weighted by molar-refractivity contribution is 0.247. The highest BCUT2D eigenvalue weighted by Gasteiger charge is 2.04. The molecule has 0 aromatic heterocycles. The van der Waals surface area contributed by atoms with Crippen LogP contribution in [0, 0.1) is 13.8 Å². The molecule has 2 aromatic carbocycles. The number of ether oxygens (including phenoxy) is 1. The molecule has 0 saturated heterocycles. The second-order valence-electron chi connectivity index (χ2n) is 5.00. The Hall–Kier alpha value is -2.01. The lowest BCUT2D eigenvalue weighted by Gasteiger charge is -2.11. The zero-order valence-corrected chi connectivity index (χ0v) is 14.2. The van der Waals surface area contributed by atoms with Crippen LogP contribution in [0.1, 0.15) is 11.1 Å². The van der Waals surface area contributed by atoms with Gasteiger partial charge in [-0.25, -0.2) is 4.79 Å². The normalized spacial score (nSPS) is 10.1. The minimum Gasteiger partial charge on any atom is -0.492 e. The van der Waals surface area contributed by atoms with E-state index in [0.717, 1.165) is 21.5 Å². The molecule has 4 nitrogen and oxygen atoms in total. The summed E-state index contributed by atoms with van der Waals surface area (Å²) >= 11 is 3.40. The topological polar surface area (TPSA) is 50.4 Å². The van der Waals surface area contributed by atoms with E-state index in [4.69, 9.17) is 4.74 Å². The number of nitrogens with one attached hydrogen (secondary N) is 2. The fourth-order valence-electron chi connectivity index (χ4n) is 1.90. The Morgan fingerprint density at radius 1 is 1.14 bits per heavy atom. The summed E-state index contributed by atoms with van der Waals surface area (Å²) in [5.41, 5.74) is 2.98. The molecule has 116 valence electrons. The summed E-state index contributed by atoms with van der Waals surface area (Å²) in [6.07, 6.45) is 0. The Kier molecular flexibility index (Phi) is 5.83. The van der Waals surface area contributed by atoms with E-state index in [-0.39, 0.29) is 6.03 Å². The maximum atomic E-state index is 11.8. The third-order valence-electron chi connectivity index (χ3n) is 3.11. The first-order chi connectivity index (χ1) is 10.5. The fraction of sp³-hybridized carbons (Fsp3) is 0.235. The summed E-state index contributed by atoms with van der Waals surface area (Å²) in [6.45, 7) is 4.84. The maximum absolute atomic E-state index is 11.8. The molecule has 0 aliphatic carbocycles. The molecule has 0 atom stereocenters. The summed E-state index contributed by atoms with van der Waals surface area (Å²) in [6, 6.07) is 13.3. The summed E-state index contributed by atoms with van der Waals surface area (Å²) in [4.78, 5) is 11.8. The van der Waals surface area contributed by atoms with E-state index in [0.29, 0.717) is 13.2 Å². The Bertz CT molecular complexity index is 642. The van der Waals surface area contributed by atoms with Crippen LogP contribution in [-0.2, 0) is 0 Å². The van der Waals surface area contributed by atoms with Crippen LogP contribution in [0.25, 0.3) is 0 Å². The van der Waals surface area contributed by atoms with Gasteiger partial charge < -0.3 is 15.4 Å².